The molecule has 0 atom stereocenters. The van der Waals surface area contributed by atoms with Gasteiger partial charge in [0, 0.05) is 6.61 Å². The summed E-state index contributed by atoms with van der Waals surface area (Å²) in [5, 5.41) is 8.07. The molecule has 0 aromatic heterocycles. The number of rotatable bonds is 7. The fourth-order valence-corrected chi connectivity index (χ4v) is 1.42. The van der Waals surface area contributed by atoms with Crippen LogP contribution in [0.2, 0.25) is 0 Å². The molecule has 1 N–H and O–H groups in total. The first-order chi connectivity index (χ1) is 11.2. The van der Waals surface area contributed by atoms with E-state index in [-0.39, 0.29) is 0 Å². The Bertz CT molecular complexity index is 222. The summed E-state index contributed by atoms with van der Waals surface area (Å²) in [5.74, 6) is 0. The van der Waals surface area contributed by atoms with Crippen LogP contribution in [0.5, 0.6) is 0 Å². The third-order valence-corrected chi connectivity index (χ3v) is 2.36. The van der Waals surface area contributed by atoms with Gasteiger partial charge in [-0.15, -0.1) is 0 Å². The van der Waals surface area contributed by atoms with Crippen molar-refractivity contribution in [2.75, 3.05) is 6.61 Å². The average molecular weight is 329 g/mol. The van der Waals surface area contributed by atoms with E-state index in [0.717, 1.165) is 19.3 Å². The summed E-state index contributed by atoms with van der Waals surface area (Å²) in [4.78, 5) is 0. The van der Waals surface area contributed by atoms with Crippen LogP contribution in [0.4, 0.5) is 0 Å². The van der Waals surface area contributed by atoms with Gasteiger partial charge in [-0.3, -0.25) is 0 Å². The van der Waals surface area contributed by atoms with E-state index in [4.69, 9.17) is 5.11 Å². The highest BCUT2D eigenvalue weighted by atomic mass is 16.2. The molecule has 0 rings (SSSR count). The number of unbranched alkanes of at least 4 members (excludes halogenated alkanes) is 1. The molecule has 0 saturated heterocycles. The van der Waals surface area contributed by atoms with Gasteiger partial charge in [0.15, 0.2) is 0 Å². The lowest BCUT2D eigenvalue weighted by molar-refractivity contribution is 0.287. The zero-order chi connectivity index (χ0) is 19.5. The van der Waals surface area contributed by atoms with E-state index in [1.807, 2.05) is 47.6 Å². The van der Waals surface area contributed by atoms with Crippen molar-refractivity contribution in [3.63, 3.8) is 0 Å². The number of hydrogen-bond donors (Lipinski definition) is 1. The molecule has 0 radical (unpaired) electrons. The molecule has 142 valence electrons. The monoisotopic (exact) mass is 328 g/mol. The Hall–Kier alpha value is -0.820. The molecule has 0 aliphatic heterocycles. The third kappa shape index (κ3) is 38.7. The van der Waals surface area contributed by atoms with E-state index < -0.39 is 0 Å². The van der Waals surface area contributed by atoms with Gasteiger partial charge >= 0.3 is 0 Å². The lowest BCUT2D eigenvalue weighted by Gasteiger charge is -2.05. The van der Waals surface area contributed by atoms with E-state index in [0.29, 0.717) is 6.61 Å². The minimum Gasteiger partial charge on any atom is -0.396 e. The van der Waals surface area contributed by atoms with Crippen LogP contribution in [0.25, 0.3) is 0 Å². The van der Waals surface area contributed by atoms with Gasteiger partial charge in [-0.25, -0.2) is 0 Å². The van der Waals surface area contributed by atoms with Crippen LogP contribution < -0.4 is 0 Å². The summed E-state index contributed by atoms with van der Waals surface area (Å²) in [6.07, 6.45) is 11.8. The molecule has 0 spiro atoms. The predicted molar refractivity (Wildman–Crippen MR) is 113 cm³/mol. The van der Waals surface area contributed by atoms with Crippen LogP contribution in [-0.2, 0) is 0 Å². The fourth-order valence-electron chi connectivity index (χ4n) is 1.42. The van der Waals surface area contributed by atoms with Crippen molar-refractivity contribution >= 4 is 0 Å². The summed E-state index contributed by atoms with van der Waals surface area (Å²) in [6.45, 7) is 24.6. The third-order valence-electron chi connectivity index (χ3n) is 2.36. The smallest absolute Gasteiger partial charge is 0.0430 e. The van der Waals surface area contributed by atoms with Crippen molar-refractivity contribution in [3.8, 4) is 0 Å². The highest BCUT2D eigenvalue weighted by molar-refractivity contribution is 5.31. The maximum atomic E-state index is 8.07. The number of aliphatic hydroxyl groups excluding tert-OH is 1. The quantitative estimate of drug-likeness (QED) is 0.468. The van der Waals surface area contributed by atoms with E-state index >= 15 is 0 Å². The molecule has 0 unspecified atom stereocenters. The summed E-state index contributed by atoms with van der Waals surface area (Å²) in [5.41, 5.74) is 2.83. The summed E-state index contributed by atoms with van der Waals surface area (Å²) in [6, 6.07) is 0. The second-order valence-corrected chi connectivity index (χ2v) is 4.05. The number of hydrogen-bond acceptors (Lipinski definition) is 1. The Balaban J connectivity index is -0.0000000819. The SMILES string of the molecule is C=C/C=C(C)\C(=C/CC)CCC.CC.CC.CC.CCCCO. The van der Waals surface area contributed by atoms with Crippen LogP contribution in [0.1, 0.15) is 101 Å². The zero-order valence-electron chi connectivity index (χ0n) is 18.1. The maximum absolute atomic E-state index is 8.07. The Morgan fingerprint density at radius 3 is 1.61 bits per heavy atom. The molecule has 23 heavy (non-hydrogen) atoms. The number of aliphatic hydroxyl groups is 1. The lowest BCUT2D eigenvalue weighted by atomic mass is 10.0. The summed E-state index contributed by atoms with van der Waals surface area (Å²) >= 11 is 0. The summed E-state index contributed by atoms with van der Waals surface area (Å²) in [7, 11) is 0. The maximum Gasteiger partial charge on any atom is 0.0430 e. The molecule has 1 heteroatoms. The first-order valence-corrected chi connectivity index (χ1v) is 9.77. The van der Waals surface area contributed by atoms with E-state index in [2.05, 4.69) is 46.4 Å². The van der Waals surface area contributed by atoms with Gasteiger partial charge in [0.1, 0.15) is 0 Å². The van der Waals surface area contributed by atoms with Gasteiger partial charge in [-0.05, 0) is 37.3 Å². The standard InChI is InChI=1S/C12H20.C4H10O.3C2H6/c1-5-8-11(4)12(9-6-2)10-7-3;1-2-3-4-5;3*1-2/h5,8-9H,1,6-7,10H2,2-4H3;5H,2-4H2,1H3;3*1-2H3/b11-8-,12-9-;;;;. The number of allylic oxidation sites excluding steroid dienone is 5. The zero-order valence-corrected chi connectivity index (χ0v) is 18.1. The average Bonchev–Trinajstić information content (AvgIpc) is 2.61. The topological polar surface area (TPSA) is 20.2 Å². The fraction of sp³-hybridized carbons (Fsp3) is 0.727. The lowest BCUT2D eigenvalue weighted by Crippen LogP contribution is -1.85. The van der Waals surface area contributed by atoms with E-state index in [1.54, 1.807) is 0 Å². The molecule has 0 heterocycles. The Morgan fingerprint density at radius 1 is 0.913 bits per heavy atom. The molecule has 0 saturated carbocycles. The predicted octanol–water partition coefficient (Wildman–Crippen LogP) is 8.11. The molecule has 0 fully saturated rings. The Morgan fingerprint density at radius 2 is 1.39 bits per heavy atom. The second kappa shape index (κ2) is 42.9. The van der Waals surface area contributed by atoms with Gasteiger partial charge < -0.3 is 5.11 Å². The molecule has 0 aromatic rings. The molecule has 0 aromatic carbocycles. The molecule has 0 aliphatic rings. The Labute approximate surface area is 149 Å². The van der Waals surface area contributed by atoms with Crippen LogP contribution in [0.15, 0.2) is 36.0 Å². The van der Waals surface area contributed by atoms with Gasteiger partial charge in [-0.2, -0.15) is 0 Å². The second-order valence-electron chi connectivity index (χ2n) is 4.05. The molecular formula is C22H48O. The van der Waals surface area contributed by atoms with Crippen LogP contribution in [0, 0.1) is 0 Å². The molecule has 1 nitrogen and oxygen atoms in total. The van der Waals surface area contributed by atoms with Gasteiger partial charge in [-0.1, -0.05) is 100.0 Å². The van der Waals surface area contributed by atoms with Crippen LogP contribution in [-0.4, -0.2) is 11.7 Å². The largest absolute Gasteiger partial charge is 0.396 e. The first kappa shape index (κ1) is 33.7. The summed E-state index contributed by atoms with van der Waals surface area (Å²) < 4.78 is 0. The van der Waals surface area contributed by atoms with Crippen molar-refractivity contribution < 1.29 is 5.11 Å². The minimum atomic E-state index is 0.344. The van der Waals surface area contributed by atoms with Gasteiger partial charge in [0.25, 0.3) is 0 Å². The van der Waals surface area contributed by atoms with E-state index in [9.17, 15) is 0 Å². The normalized spacial score (nSPS) is 9.52. The van der Waals surface area contributed by atoms with Crippen molar-refractivity contribution in [2.45, 2.75) is 101 Å². The van der Waals surface area contributed by atoms with Crippen molar-refractivity contribution in [1.82, 2.24) is 0 Å². The molecule has 0 bridgehead atoms. The van der Waals surface area contributed by atoms with Crippen molar-refractivity contribution in [1.29, 1.82) is 0 Å². The molecular weight excluding hydrogens is 280 g/mol. The van der Waals surface area contributed by atoms with E-state index in [1.165, 1.54) is 24.0 Å². The van der Waals surface area contributed by atoms with Crippen LogP contribution >= 0.6 is 0 Å². The highest BCUT2D eigenvalue weighted by Gasteiger charge is 1.96. The van der Waals surface area contributed by atoms with Crippen molar-refractivity contribution in [3.05, 3.63) is 36.0 Å². The highest BCUT2D eigenvalue weighted by Crippen LogP contribution is 2.16. The van der Waals surface area contributed by atoms with Gasteiger partial charge in [0.05, 0.1) is 0 Å². The van der Waals surface area contributed by atoms with Gasteiger partial charge in [0.2, 0.25) is 0 Å². The van der Waals surface area contributed by atoms with Crippen LogP contribution in [0.3, 0.4) is 0 Å². The molecule has 0 aliphatic carbocycles. The van der Waals surface area contributed by atoms with Crippen molar-refractivity contribution in [2.24, 2.45) is 0 Å². The molecule has 0 amide bonds. The minimum absolute atomic E-state index is 0.344. The Kier molecular flexibility index (Phi) is 62.9. The first-order valence-electron chi connectivity index (χ1n) is 9.77.